The van der Waals surface area contributed by atoms with E-state index in [1.165, 1.54) is 16.2 Å². The molecule has 2 aliphatic carbocycles. The number of fused-ring (bicyclic) bond motifs is 1. The molecule has 1 aromatic carbocycles. The van der Waals surface area contributed by atoms with Crippen LogP contribution in [0.15, 0.2) is 18.2 Å². The quantitative estimate of drug-likeness (QED) is 0.458. The third-order valence-corrected chi connectivity index (χ3v) is 7.81. The molecule has 0 spiro atoms. The Balaban J connectivity index is 1.36. The zero-order valence-electron chi connectivity index (χ0n) is 20.9. The minimum Gasteiger partial charge on any atom is -0.462 e. The first-order valence-corrected chi connectivity index (χ1v) is 13.4. The number of aryl methyl sites for hydroxylation is 3. The van der Waals surface area contributed by atoms with Crippen LogP contribution in [0, 0.1) is 13.8 Å². The van der Waals surface area contributed by atoms with Gasteiger partial charge in [-0.3, -0.25) is 14.5 Å². The fourth-order valence-corrected chi connectivity index (χ4v) is 5.88. The van der Waals surface area contributed by atoms with Crippen LogP contribution in [-0.4, -0.2) is 48.4 Å². The lowest BCUT2D eigenvalue weighted by Crippen LogP contribution is -2.37. The number of carbonyl (C=O) groups is 3. The van der Waals surface area contributed by atoms with E-state index in [9.17, 15) is 14.4 Å². The van der Waals surface area contributed by atoms with E-state index in [2.05, 4.69) is 15.5 Å². The predicted molar refractivity (Wildman–Crippen MR) is 139 cm³/mol. The summed E-state index contributed by atoms with van der Waals surface area (Å²) in [6.07, 6.45) is 6.28. The standard InChI is InChI=1S/C27H35N3O4S/c1-4-34-27(33)25-20-7-5-6-8-22(20)35-26(25)29-23(31)13-14-30(19-11-12-19)16-24(32)28-21-15-17(2)9-10-18(21)3/h9-10,15,19H,4-8,11-14,16H2,1-3H3,(H,28,32)(H,29,31). The van der Waals surface area contributed by atoms with Gasteiger partial charge in [0, 0.05) is 29.6 Å². The molecule has 0 radical (unpaired) electrons. The first-order valence-electron chi connectivity index (χ1n) is 12.6. The van der Waals surface area contributed by atoms with E-state index in [-0.39, 0.29) is 30.7 Å². The van der Waals surface area contributed by atoms with Crippen LogP contribution in [0.25, 0.3) is 0 Å². The van der Waals surface area contributed by atoms with Gasteiger partial charge in [0.1, 0.15) is 5.00 Å². The van der Waals surface area contributed by atoms with Crippen molar-refractivity contribution < 1.29 is 19.1 Å². The van der Waals surface area contributed by atoms with Gasteiger partial charge in [-0.15, -0.1) is 11.3 Å². The van der Waals surface area contributed by atoms with Crippen LogP contribution in [0.3, 0.4) is 0 Å². The van der Waals surface area contributed by atoms with Crippen LogP contribution in [-0.2, 0) is 27.2 Å². The smallest absolute Gasteiger partial charge is 0.341 e. The summed E-state index contributed by atoms with van der Waals surface area (Å²) in [4.78, 5) is 41.5. The Labute approximate surface area is 211 Å². The summed E-state index contributed by atoms with van der Waals surface area (Å²) < 4.78 is 5.28. The summed E-state index contributed by atoms with van der Waals surface area (Å²) in [5.41, 5.74) is 4.53. The monoisotopic (exact) mass is 497 g/mol. The molecule has 2 amide bonds. The molecule has 1 aromatic heterocycles. The fraction of sp³-hybridized carbons (Fsp3) is 0.519. The van der Waals surface area contributed by atoms with Crippen molar-refractivity contribution in [2.75, 3.05) is 30.3 Å². The number of benzene rings is 1. The number of nitrogens with one attached hydrogen (secondary N) is 2. The van der Waals surface area contributed by atoms with E-state index < -0.39 is 0 Å². The van der Waals surface area contributed by atoms with Crippen molar-refractivity contribution >= 4 is 39.8 Å². The molecular weight excluding hydrogens is 462 g/mol. The van der Waals surface area contributed by atoms with E-state index in [1.807, 2.05) is 32.0 Å². The number of esters is 1. The molecule has 1 fully saturated rings. The summed E-state index contributed by atoms with van der Waals surface area (Å²) in [6.45, 7) is 6.82. The number of hydrogen-bond acceptors (Lipinski definition) is 6. The largest absolute Gasteiger partial charge is 0.462 e. The summed E-state index contributed by atoms with van der Waals surface area (Å²) in [7, 11) is 0. The fourth-order valence-electron chi connectivity index (χ4n) is 4.58. The molecular formula is C27H35N3O4S. The maximum absolute atomic E-state index is 12.9. The second-order valence-corrected chi connectivity index (χ2v) is 10.6. The van der Waals surface area contributed by atoms with Gasteiger partial charge in [-0.05, 0) is 82.1 Å². The number of nitrogens with zero attached hydrogens (tertiary/aromatic N) is 1. The third-order valence-electron chi connectivity index (χ3n) is 6.61. The van der Waals surface area contributed by atoms with Crippen LogP contribution >= 0.6 is 11.3 Å². The van der Waals surface area contributed by atoms with Crippen molar-refractivity contribution in [2.45, 2.75) is 71.8 Å². The van der Waals surface area contributed by atoms with E-state index in [1.54, 1.807) is 6.92 Å². The van der Waals surface area contributed by atoms with Gasteiger partial charge in [0.2, 0.25) is 11.8 Å². The van der Waals surface area contributed by atoms with Gasteiger partial charge >= 0.3 is 5.97 Å². The topological polar surface area (TPSA) is 87.7 Å². The molecule has 188 valence electrons. The lowest BCUT2D eigenvalue weighted by molar-refractivity contribution is -0.119. The van der Waals surface area contributed by atoms with Crippen molar-refractivity contribution in [3.05, 3.63) is 45.3 Å². The summed E-state index contributed by atoms with van der Waals surface area (Å²) in [6, 6.07) is 6.35. The summed E-state index contributed by atoms with van der Waals surface area (Å²) in [5, 5.41) is 6.60. The van der Waals surface area contributed by atoms with Gasteiger partial charge in [-0.2, -0.15) is 0 Å². The van der Waals surface area contributed by atoms with Gasteiger partial charge < -0.3 is 15.4 Å². The van der Waals surface area contributed by atoms with Crippen LogP contribution in [0.5, 0.6) is 0 Å². The lowest BCUT2D eigenvalue weighted by Gasteiger charge is -2.21. The highest BCUT2D eigenvalue weighted by Crippen LogP contribution is 2.38. The number of anilines is 2. The number of thiophene rings is 1. The Morgan fingerprint density at radius 2 is 1.86 bits per heavy atom. The molecule has 0 unspecified atom stereocenters. The van der Waals surface area contributed by atoms with Crippen molar-refractivity contribution in [3.8, 4) is 0 Å². The van der Waals surface area contributed by atoms with E-state index in [0.717, 1.165) is 60.9 Å². The van der Waals surface area contributed by atoms with Crippen molar-refractivity contribution in [1.82, 2.24) is 4.90 Å². The summed E-state index contributed by atoms with van der Waals surface area (Å²) >= 11 is 1.50. The Kier molecular flexibility index (Phi) is 8.23. The van der Waals surface area contributed by atoms with Gasteiger partial charge in [0.25, 0.3) is 0 Å². The molecule has 7 nitrogen and oxygen atoms in total. The molecule has 0 bridgehead atoms. The minimum absolute atomic E-state index is 0.0680. The molecule has 2 aliphatic rings. The highest BCUT2D eigenvalue weighted by molar-refractivity contribution is 7.17. The molecule has 1 saturated carbocycles. The molecule has 2 aromatic rings. The number of carbonyl (C=O) groups excluding carboxylic acids is 3. The molecule has 0 aliphatic heterocycles. The Bertz CT molecular complexity index is 1110. The maximum atomic E-state index is 12.9. The average Bonchev–Trinajstić information content (AvgIpc) is 3.60. The van der Waals surface area contributed by atoms with Crippen LogP contribution in [0.1, 0.15) is 71.0 Å². The average molecular weight is 498 g/mol. The van der Waals surface area contributed by atoms with Gasteiger partial charge in [0.05, 0.1) is 18.7 Å². The Morgan fingerprint density at radius 1 is 1.09 bits per heavy atom. The summed E-state index contributed by atoms with van der Waals surface area (Å²) in [5.74, 6) is -0.568. The second-order valence-electron chi connectivity index (χ2n) is 9.50. The molecule has 1 heterocycles. The first-order chi connectivity index (χ1) is 16.9. The minimum atomic E-state index is -0.357. The van der Waals surface area contributed by atoms with Crippen molar-refractivity contribution in [2.24, 2.45) is 0 Å². The molecule has 2 N–H and O–H groups in total. The van der Waals surface area contributed by atoms with E-state index in [4.69, 9.17) is 4.74 Å². The van der Waals surface area contributed by atoms with Gasteiger partial charge in [-0.25, -0.2) is 4.79 Å². The zero-order chi connectivity index (χ0) is 24.9. The van der Waals surface area contributed by atoms with Gasteiger partial charge in [0.15, 0.2) is 0 Å². The highest BCUT2D eigenvalue weighted by atomic mass is 32.1. The Hall–Kier alpha value is -2.71. The molecule has 0 saturated heterocycles. The van der Waals surface area contributed by atoms with Gasteiger partial charge in [-0.1, -0.05) is 12.1 Å². The second kappa shape index (κ2) is 11.4. The number of ether oxygens (including phenoxy) is 1. The van der Waals surface area contributed by atoms with Crippen molar-refractivity contribution in [1.29, 1.82) is 0 Å². The SMILES string of the molecule is CCOC(=O)c1c(NC(=O)CCN(CC(=O)Nc2cc(C)ccc2C)C2CC2)sc2c1CCCC2. The maximum Gasteiger partial charge on any atom is 0.341 e. The molecule has 0 atom stereocenters. The molecule has 35 heavy (non-hydrogen) atoms. The highest BCUT2D eigenvalue weighted by Gasteiger charge is 2.31. The van der Waals surface area contributed by atoms with Crippen LogP contribution < -0.4 is 10.6 Å². The van der Waals surface area contributed by atoms with Crippen molar-refractivity contribution in [3.63, 3.8) is 0 Å². The molecule has 4 rings (SSSR count). The van der Waals surface area contributed by atoms with Crippen LogP contribution in [0.4, 0.5) is 10.7 Å². The number of amides is 2. The predicted octanol–water partition coefficient (Wildman–Crippen LogP) is 4.85. The van der Waals surface area contributed by atoms with E-state index in [0.29, 0.717) is 29.8 Å². The normalized spacial score (nSPS) is 15.0. The zero-order valence-corrected chi connectivity index (χ0v) is 21.7. The number of hydrogen-bond donors (Lipinski definition) is 2. The number of rotatable bonds is 10. The van der Waals surface area contributed by atoms with Crippen LogP contribution in [0.2, 0.25) is 0 Å². The van der Waals surface area contributed by atoms with E-state index >= 15 is 0 Å². The first kappa shape index (κ1) is 25.4. The third kappa shape index (κ3) is 6.49. The lowest BCUT2D eigenvalue weighted by atomic mass is 9.95. The Morgan fingerprint density at radius 3 is 2.60 bits per heavy atom. The molecule has 8 heteroatoms.